The van der Waals surface area contributed by atoms with Gasteiger partial charge >= 0.3 is 0 Å². The fourth-order valence-electron chi connectivity index (χ4n) is 1.26. The zero-order valence-corrected chi connectivity index (χ0v) is 8.33. The number of fused-ring (bicyclic) bond motifs is 1. The molecule has 0 unspecified atom stereocenters. The molecular weight excluding hydrogens is 236 g/mol. The molecule has 1 aromatic rings. The van der Waals surface area contributed by atoms with E-state index in [1.165, 1.54) is 19.4 Å². The molecule has 2 amide bonds. The van der Waals surface area contributed by atoms with E-state index in [-0.39, 0.29) is 11.8 Å². The van der Waals surface area contributed by atoms with Crippen LogP contribution in [0.15, 0.2) is 16.9 Å². The Kier molecular flexibility index (Phi) is 1.69. The van der Waals surface area contributed by atoms with E-state index >= 15 is 0 Å². The molecule has 0 aromatic carbocycles. The first-order valence-corrected chi connectivity index (χ1v) is 4.38. The molecule has 4 nitrogen and oxygen atoms in total. The second kappa shape index (κ2) is 2.63. The number of halogens is 1. The quantitative estimate of drug-likeness (QED) is 0.638. The lowest BCUT2D eigenvalue weighted by Crippen LogP contribution is -2.24. The molecule has 0 radical (unpaired) electrons. The lowest BCUT2D eigenvalue weighted by atomic mass is 10.2. The summed E-state index contributed by atoms with van der Waals surface area (Å²) >= 11 is 3.18. The summed E-state index contributed by atoms with van der Waals surface area (Å²) in [7, 11) is 1.46. The van der Waals surface area contributed by atoms with Gasteiger partial charge in [-0.25, -0.2) is 0 Å². The molecule has 0 bridgehead atoms. The van der Waals surface area contributed by atoms with Crippen molar-refractivity contribution in [3.8, 4) is 0 Å². The minimum Gasteiger partial charge on any atom is -0.277 e. The fraction of sp³-hybridized carbons (Fsp3) is 0.125. The summed E-state index contributed by atoms with van der Waals surface area (Å²) in [6.07, 6.45) is 2.91. The third kappa shape index (κ3) is 1.00. The number of aromatic nitrogens is 1. The average Bonchev–Trinajstić information content (AvgIpc) is 2.33. The third-order valence-corrected chi connectivity index (χ3v) is 2.55. The SMILES string of the molecule is CN1C(=O)c2cncc(Br)c2C1=O. The van der Waals surface area contributed by atoms with Gasteiger partial charge in [-0.3, -0.25) is 19.5 Å². The third-order valence-electron chi connectivity index (χ3n) is 1.95. The van der Waals surface area contributed by atoms with E-state index in [0.717, 1.165) is 4.90 Å². The molecule has 1 aliphatic heterocycles. The Balaban J connectivity index is 2.74. The molecule has 0 saturated carbocycles. The van der Waals surface area contributed by atoms with Gasteiger partial charge in [0.1, 0.15) is 0 Å². The predicted octanol–water partition coefficient (Wildman–Crippen LogP) is 1.07. The lowest BCUT2D eigenvalue weighted by Gasteiger charge is -2.02. The van der Waals surface area contributed by atoms with Gasteiger partial charge in [-0.15, -0.1) is 0 Å². The van der Waals surface area contributed by atoms with Crippen molar-refractivity contribution in [2.45, 2.75) is 0 Å². The van der Waals surface area contributed by atoms with Gasteiger partial charge in [0.25, 0.3) is 11.8 Å². The van der Waals surface area contributed by atoms with Crippen molar-refractivity contribution < 1.29 is 9.59 Å². The topological polar surface area (TPSA) is 50.3 Å². The molecule has 1 aromatic heterocycles. The number of imide groups is 1. The summed E-state index contributed by atoms with van der Waals surface area (Å²) in [5.74, 6) is -0.580. The van der Waals surface area contributed by atoms with Gasteiger partial charge in [0.15, 0.2) is 0 Å². The summed E-state index contributed by atoms with van der Waals surface area (Å²) in [6.45, 7) is 0. The van der Waals surface area contributed by atoms with E-state index in [1.54, 1.807) is 0 Å². The largest absolute Gasteiger partial charge is 0.277 e. The standard InChI is InChI=1S/C8H5BrN2O2/c1-11-7(12)4-2-10-3-5(9)6(4)8(11)13/h2-3H,1H3. The Labute approximate surface area is 82.7 Å². The first-order chi connectivity index (χ1) is 6.13. The first-order valence-electron chi connectivity index (χ1n) is 3.59. The Bertz CT molecular complexity index is 417. The number of nitrogens with zero attached hydrogens (tertiary/aromatic N) is 2. The van der Waals surface area contributed by atoms with Crippen molar-refractivity contribution >= 4 is 27.7 Å². The summed E-state index contributed by atoms with van der Waals surface area (Å²) in [5.41, 5.74) is 0.768. The van der Waals surface area contributed by atoms with Crippen LogP contribution < -0.4 is 0 Å². The maximum absolute atomic E-state index is 11.5. The number of rotatable bonds is 0. The molecule has 0 aliphatic carbocycles. The van der Waals surface area contributed by atoms with Crippen LogP contribution in [0.4, 0.5) is 0 Å². The van der Waals surface area contributed by atoms with Crippen molar-refractivity contribution in [1.29, 1.82) is 0 Å². The number of hydrogen-bond donors (Lipinski definition) is 0. The zero-order chi connectivity index (χ0) is 9.59. The number of hydrogen-bond acceptors (Lipinski definition) is 3. The second-order valence-electron chi connectivity index (χ2n) is 2.71. The highest BCUT2D eigenvalue weighted by Gasteiger charge is 2.34. The molecule has 0 spiro atoms. The van der Waals surface area contributed by atoms with Crippen LogP contribution >= 0.6 is 15.9 Å². The molecular formula is C8H5BrN2O2. The van der Waals surface area contributed by atoms with Gasteiger partial charge in [-0.05, 0) is 15.9 Å². The Hall–Kier alpha value is -1.23. The summed E-state index contributed by atoms with van der Waals surface area (Å²) < 4.78 is 0.563. The number of carbonyl (C=O) groups is 2. The van der Waals surface area contributed by atoms with Gasteiger partial charge < -0.3 is 0 Å². The lowest BCUT2D eigenvalue weighted by molar-refractivity contribution is 0.0693. The van der Waals surface area contributed by atoms with Crippen LogP contribution in [0.1, 0.15) is 20.7 Å². The molecule has 0 fully saturated rings. The second-order valence-corrected chi connectivity index (χ2v) is 3.57. The molecule has 2 heterocycles. The van der Waals surface area contributed by atoms with Crippen LogP contribution in [0.25, 0.3) is 0 Å². The van der Waals surface area contributed by atoms with Crippen molar-refractivity contribution in [2.24, 2.45) is 0 Å². The highest BCUT2D eigenvalue weighted by atomic mass is 79.9. The van der Waals surface area contributed by atoms with Crippen LogP contribution in [-0.2, 0) is 0 Å². The Morgan fingerprint density at radius 3 is 2.62 bits per heavy atom. The molecule has 0 atom stereocenters. The summed E-state index contributed by atoms with van der Waals surface area (Å²) in [4.78, 5) is 27.8. The molecule has 66 valence electrons. The van der Waals surface area contributed by atoms with E-state index < -0.39 is 0 Å². The zero-order valence-electron chi connectivity index (χ0n) is 6.74. The number of pyridine rings is 1. The van der Waals surface area contributed by atoms with Crippen LogP contribution in [0.2, 0.25) is 0 Å². The highest BCUT2D eigenvalue weighted by Crippen LogP contribution is 2.26. The van der Waals surface area contributed by atoms with E-state index in [2.05, 4.69) is 20.9 Å². The van der Waals surface area contributed by atoms with Crippen LogP contribution in [0, 0.1) is 0 Å². The average molecular weight is 241 g/mol. The number of amides is 2. The predicted molar refractivity (Wildman–Crippen MR) is 48.4 cm³/mol. The molecule has 0 N–H and O–H groups in total. The maximum atomic E-state index is 11.5. The van der Waals surface area contributed by atoms with Crippen LogP contribution in [0.3, 0.4) is 0 Å². The van der Waals surface area contributed by atoms with E-state index in [9.17, 15) is 9.59 Å². The number of carbonyl (C=O) groups excluding carboxylic acids is 2. The minimum absolute atomic E-state index is 0.283. The van der Waals surface area contributed by atoms with Crippen molar-refractivity contribution in [2.75, 3.05) is 7.05 Å². The van der Waals surface area contributed by atoms with Crippen LogP contribution in [-0.4, -0.2) is 28.7 Å². The Morgan fingerprint density at radius 2 is 2.00 bits per heavy atom. The molecule has 0 saturated heterocycles. The maximum Gasteiger partial charge on any atom is 0.262 e. The molecule has 5 heteroatoms. The fourth-order valence-corrected chi connectivity index (χ4v) is 1.76. The van der Waals surface area contributed by atoms with Gasteiger partial charge in [-0.1, -0.05) is 0 Å². The van der Waals surface area contributed by atoms with Gasteiger partial charge in [0.05, 0.1) is 11.1 Å². The van der Waals surface area contributed by atoms with E-state index in [0.29, 0.717) is 15.6 Å². The van der Waals surface area contributed by atoms with Gasteiger partial charge in [0, 0.05) is 23.9 Å². The van der Waals surface area contributed by atoms with Crippen molar-refractivity contribution in [1.82, 2.24) is 9.88 Å². The smallest absolute Gasteiger partial charge is 0.262 e. The summed E-state index contributed by atoms with van der Waals surface area (Å²) in [5, 5.41) is 0. The van der Waals surface area contributed by atoms with E-state index in [1.807, 2.05) is 0 Å². The normalized spacial score (nSPS) is 15.1. The molecule has 13 heavy (non-hydrogen) atoms. The monoisotopic (exact) mass is 240 g/mol. The molecule has 2 rings (SSSR count). The van der Waals surface area contributed by atoms with Gasteiger partial charge in [0.2, 0.25) is 0 Å². The van der Waals surface area contributed by atoms with E-state index in [4.69, 9.17) is 0 Å². The minimum atomic E-state index is -0.297. The molecule has 1 aliphatic rings. The van der Waals surface area contributed by atoms with Crippen LogP contribution in [0.5, 0.6) is 0 Å². The Morgan fingerprint density at radius 1 is 1.31 bits per heavy atom. The van der Waals surface area contributed by atoms with Gasteiger partial charge in [-0.2, -0.15) is 0 Å². The first kappa shape index (κ1) is 8.37. The highest BCUT2D eigenvalue weighted by molar-refractivity contribution is 9.10. The van der Waals surface area contributed by atoms with Crippen molar-refractivity contribution in [3.05, 3.63) is 28.0 Å². The van der Waals surface area contributed by atoms with Crippen molar-refractivity contribution in [3.63, 3.8) is 0 Å². The summed E-state index contributed by atoms with van der Waals surface area (Å²) in [6, 6.07) is 0.